The monoisotopic (exact) mass is 368 g/mol. The van der Waals surface area contributed by atoms with Crippen LogP contribution in [0.2, 0.25) is 5.02 Å². The summed E-state index contributed by atoms with van der Waals surface area (Å²) in [4.78, 5) is 14.6. The molecule has 5 nitrogen and oxygen atoms in total. The van der Waals surface area contributed by atoms with Gasteiger partial charge in [0.05, 0.1) is 11.7 Å². The second-order valence-corrected chi connectivity index (χ2v) is 6.66. The summed E-state index contributed by atoms with van der Waals surface area (Å²) >= 11 is 6.01. The Morgan fingerprint density at radius 2 is 1.92 bits per heavy atom. The fraction of sp³-hybridized carbons (Fsp3) is 0.200. The van der Waals surface area contributed by atoms with Crippen molar-refractivity contribution in [3.05, 3.63) is 83.1 Å². The van der Waals surface area contributed by atoms with Gasteiger partial charge in [-0.1, -0.05) is 48.0 Å². The Morgan fingerprint density at radius 3 is 2.62 bits per heavy atom. The minimum absolute atomic E-state index is 0.0927. The van der Waals surface area contributed by atoms with E-state index in [2.05, 4.69) is 27.4 Å². The molecule has 0 aliphatic carbocycles. The molecule has 0 saturated heterocycles. The third-order valence-electron chi connectivity index (χ3n) is 4.16. The average molecular weight is 369 g/mol. The van der Waals surface area contributed by atoms with E-state index < -0.39 is 0 Å². The standard InChI is InChI=1S/C20H21ClN4O/c1-24(2)19(15-7-4-3-5-8-15)14-22-20(26)18-11-12-25(23-18)17-10-6-9-16(21)13-17/h3-13,19H,14H2,1-2H3,(H,22,26). The maximum absolute atomic E-state index is 12.5. The van der Waals surface area contributed by atoms with Crippen LogP contribution in [0.3, 0.4) is 0 Å². The molecule has 2 aromatic carbocycles. The van der Waals surface area contributed by atoms with E-state index in [1.807, 2.05) is 44.4 Å². The second-order valence-electron chi connectivity index (χ2n) is 6.23. The number of rotatable bonds is 6. The highest BCUT2D eigenvalue weighted by molar-refractivity contribution is 6.30. The minimum Gasteiger partial charge on any atom is -0.349 e. The van der Waals surface area contributed by atoms with Gasteiger partial charge in [-0.3, -0.25) is 4.79 Å². The number of nitrogens with one attached hydrogen (secondary N) is 1. The molecule has 0 bridgehead atoms. The number of carbonyl (C=O) groups is 1. The summed E-state index contributed by atoms with van der Waals surface area (Å²) in [6.45, 7) is 0.500. The number of halogens is 1. The Balaban J connectivity index is 1.68. The molecule has 1 atom stereocenters. The first-order valence-corrected chi connectivity index (χ1v) is 8.73. The smallest absolute Gasteiger partial charge is 0.271 e. The van der Waals surface area contributed by atoms with Crippen LogP contribution in [0.1, 0.15) is 22.1 Å². The lowest BCUT2D eigenvalue weighted by Gasteiger charge is -2.24. The molecule has 0 radical (unpaired) electrons. The van der Waals surface area contributed by atoms with Crippen molar-refractivity contribution in [2.75, 3.05) is 20.6 Å². The van der Waals surface area contributed by atoms with Crippen LogP contribution in [0.4, 0.5) is 0 Å². The van der Waals surface area contributed by atoms with Crippen molar-refractivity contribution in [2.24, 2.45) is 0 Å². The zero-order valence-electron chi connectivity index (χ0n) is 14.8. The molecule has 6 heteroatoms. The average Bonchev–Trinajstić information content (AvgIpc) is 3.13. The molecule has 134 valence electrons. The van der Waals surface area contributed by atoms with Gasteiger partial charge in [-0.05, 0) is 43.9 Å². The largest absolute Gasteiger partial charge is 0.349 e. The molecular weight excluding hydrogens is 348 g/mol. The first-order chi connectivity index (χ1) is 12.5. The van der Waals surface area contributed by atoms with Gasteiger partial charge in [-0.15, -0.1) is 0 Å². The third-order valence-corrected chi connectivity index (χ3v) is 4.39. The number of aromatic nitrogens is 2. The Morgan fingerprint density at radius 1 is 1.15 bits per heavy atom. The molecule has 0 aliphatic rings. The molecule has 0 aliphatic heterocycles. The van der Waals surface area contributed by atoms with Crippen LogP contribution in [0.15, 0.2) is 66.9 Å². The second kappa shape index (κ2) is 8.17. The zero-order chi connectivity index (χ0) is 18.5. The van der Waals surface area contributed by atoms with Crippen LogP contribution in [0.5, 0.6) is 0 Å². The van der Waals surface area contributed by atoms with Crippen LogP contribution in [0.25, 0.3) is 5.69 Å². The van der Waals surface area contributed by atoms with Crippen molar-refractivity contribution in [3.8, 4) is 5.69 Å². The maximum atomic E-state index is 12.5. The summed E-state index contributed by atoms with van der Waals surface area (Å²) in [6, 6.07) is 19.2. The minimum atomic E-state index is -0.200. The fourth-order valence-corrected chi connectivity index (χ4v) is 2.95. The Labute approximate surface area is 158 Å². The van der Waals surface area contributed by atoms with Gasteiger partial charge in [-0.2, -0.15) is 5.10 Å². The van der Waals surface area contributed by atoms with Gasteiger partial charge in [0, 0.05) is 17.8 Å². The quantitative estimate of drug-likeness (QED) is 0.723. The van der Waals surface area contributed by atoms with Gasteiger partial charge < -0.3 is 10.2 Å². The summed E-state index contributed by atoms with van der Waals surface area (Å²) in [5, 5.41) is 7.95. The van der Waals surface area contributed by atoms with Crippen LogP contribution in [-0.2, 0) is 0 Å². The van der Waals surface area contributed by atoms with Crippen LogP contribution < -0.4 is 5.32 Å². The van der Waals surface area contributed by atoms with E-state index in [1.165, 1.54) is 0 Å². The van der Waals surface area contributed by atoms with E-state index in [9.17, 15) is 4.79 Å². The van der Waals surface area contributed by atoms with Crippen molar-refractivity contribution < 1.29 is 4.79 Å². The molecule has 0 saturated carbocycles. The van der Waals surface area contributed by atoms with Crippen molar-refractivity contribution >= 4 is 17.5 Å². The molecule has 0 fully saturated rings. The number of benzene rings is 2. The Bertz CT molecular complexity index is 876. The Hall–Kier alpha value is -2.63. The highest BCUT2D eigenvalue weighted by Gasteiger charge is 2.17. The normalized spacial score (nSPS) is 12.2. The summed E-state index contributed by atoms with van der Waals surface area (Å²) < 4.78 is 1.64. The predicted molar refractivity (Wildman–Crippen MR) is 104 cm³/mol. The highest BCUT2D eigenvalue weighted by Crippen LogP contribution is 2.17. The van der Waals surface area contributed by atoms with E-state index in [1.54, 1.807) is 29.1 Å². The molecule has 1 N–H and O–H groups in total. The van der Waals surface area contributed by atoms with Gasteiger partial charge in [0.15, 0.2) is 5.69 Å². The van der Waals surface area contributed by atoms with Crippen molar-refractivity contribution in [1.82, 2.24) is 20.0 Å². The van der Waals surface area contributed by atoms with E-state index in [-0.39, 0.29) is 11.9 Å². The number of likely N-dealkylation sites (N-methyl/N-ethyl adjacent to an activating group) is 1. The van der Waals surface area contributed by atoms with Crippen LogP contribution in [0, 0.1) is 0 Å². The lowest BCUT2D eigenvalue weighted by atomic mass is 10.1. The highest BCUT2D eigenvalue weighted by atomic mass is 35.5. The number of carbonyl (C=O) groups excluding carboxylic acids is 1. The number of hydrogen-bond acceptors (Lipinski definition) is 3. The molecule has 1 heterocycles. The first-order valence-electron chi connectivity index (χ1n) is 8.36. The van der Waals surface area contributed by atoms with Gasteiger partial charge >= 0.3 is 0 Å². The third kappa shape index (κ3) is 4.31. The predicted octanol–water partition coefficient (Wildman–Crippen LogP) is 3.56. The molecule has 3 aromatic rings. The van der Waals surface area contributed by atoms with E-state index in [4.69, 9.17) is 11.6 Å². The summed E-state index contributed by atoms with van der Waals surface area (Å²) in [7, 11) is 4.00. The van der Waals surface area contributed by atoms with E-state index in [0.717, 1.165) is 11.3 Å². The zero-order valence-corrected chi connectivity index (χ0v) is 15.5. The van der Waals surface area contributed by atoms with Crippen molar-refractivity contribution in [2.45, 2.75) is 6.04 Å². The fourth-order valence-electron chi connectivity index (χ4n) is 2.76. The number of hydrogen-bond donors (Lipinski definition) is 1. The van der Waals surface area contributed by atoms with Gasteiger partial charge in [0.25, 0.3) is 5.91 Å². The molecule has 1 amide bonds. The topological polar surface area (TPSA) is 50.2 Å². The Kier molecular flexibility index (Phi) is 5.71. The summed E-state index contributed by atoms with van der Waals surface area (Å²) in [5.41, 5.74) is 2.34. The summed E-state index contributed by atoms with van der Waals surface area (Å²) in [6.07, 6.45) is 1.75. The lowest BCUT2D eigenvalue weighted by Crippen LogP contribution is -2.34. The molecule has 0 spiro atoms. The van der Waals surface area contributed by atoms with Crippen molar-refractivity contribution in [1.29, 1.82) is 0 Å². The maximum Gasteiger partial charge on any atom is 0.271 e. The molecule has 1 aromatic heterocycles. The van der Waals surface area contributed by atoms with Crippen molar-refractivity contribution in [3.63, 3.8) is 0 Å². The molecule has 3 rings (SSSR count). The van der Waals surface area contributed by atoms with Crippen LogP contribution in [-0.4, -0.2) is 41.2 Å². The molecule has 26 heavy (non-hydrogen) atoms. The van der Waals surface area contributed by atoms with Gasteiger partial charge in [-0.25, -0.2) is 4.68 Å². The SMILES string of the molecule is CN(C)C(CNC(=O)c1ccn(-c2cccc(Cl)c2)n1)c1ccccc1. The molecular formula is C20H21ClN4O. The number of nitrogens with zero attached hydrogens (tertiary/aromatic N) is 3. The number of amides is 1. The molecule has 1 unspecified atom stereocenters. The van der Waals surface area contributed by atoms with Gasteiger partial charge in [0.1, 0.15) is 0 Å². The van der Waals surface area contributed by atoms with E-state index >= 15 is 0 Å². The van der Waals surface area contributed by atoms with E-state index in [0.29, 0.717) is 17.3 Å². The first kappa shape index (κ1) is 18.2. The lowest BCUT2D eigenvalue weighted by molar-refractivity contribution is 0.0936. The summed E-state index contributed by atoms with van der Waals surface area (Å²) in [5.74, 6) is -0.200. The van der Waals surface area contributed by atoms with Crippen LogP contribution >= 0.6 is 11.6 Å². The van der Waals surface area contributed by atoms with Gasteiger partial charge in [0.2, 0.25) is 0 Å².